The summed E-state index contributed by atoms with van der Waals surface area (Å²) in [5, 5.41) is 4.10. The van der Waals surface area contributed by atoms with Crippen LogP contribution < -0.4 is 0 Å². The van der Waals surface area contributed by atoms with E-state index in [4.69, 9.17) is 9.26 Å². The summed E-state index contributed by atoms with van der Waals surface area (Å²) < 4.78 is 11.2. The molecule has 5 heteroatoms. The molecule has 1 aliphatic heterocycles. The zero-order valence-electron chi connectivity index (χ0n) is 12.8. The Balaban J connectivity index is 2.11. The third-order valence-electron chi connectivity index (χ3n) is 3.47. The first-order valence-electron chi connectivity index (χ1n) is 7.01. The van der Waals surface area contributed by atoms with Crippen LogP contribution in [0.1, 0.15) is 59.3 Å². The molecule has 0 saturated carbocycles. The van der Waals surface area contributed by atoms with Gasteiger partial charge in [-0.2, -0.15) is 4.98 Å². The Kier molecular flexibility index (Phi) is 3.97. The van der Waals surface area contributed by atoms with Crippen LogP contribution in [-0.4, -0.2) is 40.3 Å². The molecule has 0 bridgehead atoms. The quantitative estimate of drug-likeness (QED) is 0.824. The van der Waals surface area contributed by atoms with E-state index in [9.17, 15) is 0 Å². The zero-order valence-corrected chi connectivity index (χ0v) is 12.8. The van der Waals surface area contributed by atoms with Crippen molar-refractivity contribution in [2.24, 2.45) is 0 Å². The molecule has 0 unspecified atom stereocenters. The van der Waals surface area contributed by atoms with Gasteiger partial charge in [0, 0.05) is 18.5 Å². The summed E-state index contributed by atoms with van der Waals surface area (Å²) in [4.78, 5) is 6.89. The molecular weight excluding hydrogens is 242 g/mol. The minimum absolute atomic E-state index is 0.0763. The maximum Gasteiger partial charge on any atom is 0.243 e. The van der Waals surface area contributed by atoms with Crippen molar-refractivity contribution in [2.75, 3.05) is 13.1 Å². The fourth-order valence-corrected chi connectivity index (χ4v) is 2.40. The molecule has 1 fully saturated rings. The van der Waals surface area contributed by atoms with Crippen LogP contribution in [-0.2, 0) is 10.2 Å². The predicted octanol–water partition coefficient (Wildman–Crippen LogP) is 2.54. The van der Waals surface area contributed by atoms with Crippen LogP contribution in [0.4, 0.5) is 0 Å². The van der Waals surface area contributed by atoms with Crippen LogP contribution in [0.3, 0.4) is 0 Å². The van der Waals surface area contributed by atoms with Crippen LogP contribution in [0.25, 0.3) is 0 Å². The Labute approximate surface area is 115 Å². The van der Waals surface area contributed by atoms with Crippen LogP contribution >= 0.6 is 0 Å². The van der Waals surface area contributed by atoms with Crippen molar-refractivity contribution in [3.63, 3.8) is 0 Å². The Bertz CT molecular complexity index is 415. The molecule has 1 aromatic heterocycles. The van der Waals surface area contributed by atoms with Crippen molar-refractivity contribution < 1.29 is 9.26 Å². The third kappa shape index (κ3) is 3.34. The lowest BCUT2D eigenvalue weighted by Crippen LogP contribution is -2.46. The molecule has 0 aromatic carbocycles. The molecule has 0 aliphatic carbocycles. The van der Waals surface area contributed by atoms with Crippen molar-refractivity contribution in [3.8, 4) is 0 Å². The van der Waals surface area contributed by atoms with Gasteiger partial charge in [0.15, 0.2) is 5.82 Å². The van der Waals surface area contributed by atoms with Crippen LogP contribution in [0.2, 0.25) is 0 Å². The normalized spacial score (nSPS) is 27.5. The standard InChI is InChI=1S/C14H25N3O2/c1-9-7-17(8-10(2)18-9)11(3)12-15-13(16-19-12)14(4,5)6/h9-11H,7-8H2,1-6H3/t9-,10+,11-/m1/s1. The van der Waals surface area contributed by atoms with Crippen molar-refractivity contribution in [2.45, 2.75) is 65.2 Å². The van der Waals surface area contributed by atoms with Crippen LogP contribution in [0.15, 0.2) is 4.52 Å². The maximum atomic E-state index is 5.75. The molecule has 19 heavy (non-hydrogen) atoms. The van der Waals surface area contributed by atoms with Crippen molar-refractivity contribution in [1.82, 2.24) is 15.0 Å². The topological polar surface area (TPSA) is 51.4 Å². The minimum Gasteiger partial charge on any atom is -0.373 e. The monoisotopic (exact) mass is 267 g/mol. The van der Waals surface area contributed by atoms with Crippen molar-refractivity contribution in [3.05, 3.63) is 11.7 Å². The average Bonchev–Trinajstić information content (AvgIpc) is 2.75. The fraction of sp³-hybridized carbons (Fsp3) is 0.857. The van der Waals surface area contributed by atoms with E-state index in [2.05, 4.69) is 56.6 Å². The highest BCUT2D eigenvalue weighted by Crippen LogP contribution is 2.26. The van der Waals surface area contributed by atoms with E-state index in [1.54, 1.807) is 0 Å². The predicted molar refractivity (Wildman–Crippen MR) is 73.0 cm³/mol. The second kappa shape index (κ2) is 5.21. The first kappa shape index (κ1) is 14.5. The largest absolute Gasteiger partial charge is 0.373 e. The summed E-state index contributed by atoms with van der Waals surface area (Å²) in [6.07, 6.45) is 0.493. The second-order valence-electron chi connectivity index (χ2n) is 6.59. The van der Waals surface area contributed by atoms with Gasteiger partial charge in [0.1, 0.15) is 0 Å². The van der Waals surface area contributed by atoms with Gasteiger partial charge in [-0.15, -0.1) is 0 Å². The summed E-state index contributed by atoms with van der Waals surface area (Å²) in [5.41, 5.74) is -0.0763. The number of rotatable bonds is 2. The van der Waals surface area contributed by atoms with E-state index in [0.717, 1.165) is 18.9 Å². The summed E-state index contributed by atoms with van der Waals surface area (Å²) >= 11 is 0. The zero-order chi connectivity index (χ0) is 14.2. The Morgan fingerprint density at radius 3 is 2.26 bits per heavy atom. The molecule has 1 saturated heterocycles. The van der Waals surface area contributed by atoms with E-state index in [1.807, 2.05) is 0 Å². The van der Waals surface area contributed by atoms with E-state index < -0.39 is 0 Å². The number of aromatic nitrogens is 2. The van der Waals surface area contributed by atoms with Crippen molar-refractivity contribution >= 4 is 0 Å². The van der Waals surface area contributed by atoms with E-state index >= 15 is 0 Å². The van der Waals surface area contributed by atoms with Gasteiger partial charge in [-0.1, -0.05) is 25.9 Å². The second-order valence-corrected chi connectivity index (χ2v) is 6.59. The average molecular weight is 267 g/mol. The third-order valence-corrected chi connectivity index (χ3v) is 3.47. The molecule has 1 aliphatic rings. The number of hydrogen-bond donors (Lipinski definition) is 0. The summed E-state index contributed by atoms with van der Waals surface area (Å²) in [7, 11) is 0. The fourth-order valence-electron chi connectivity index (χ4n) is 2.40. The number of hydrogen-bond acceptors (Lipinski definition) is 5. The molecule has 3 atom stereocenters. The summed E-state index contributed by atoms with van der Waals surface area (Å²) in [5.74, 6) is 1.47. The first-order valence-corrected chi connectivity index (χ1v) is 7.01. The lowest BCUT2D eigenvalue weighted by atomic mass is 9.96. The SMILES string of the molecule is C[C@@H]1CN([C@H](C)c2nc(C(C)(C)C)no2)C[C@H](C)O1. The van der Waals surface area contributed by atoms with Gasteiger partial charge in [-0.3, -0.25) is 4.90 Å². The molecule has 5 nitrogen and oxygen atoms in total. The van der Waals surface area contributed by atoms with E-state index in [1.165, 1.54) is 0 Å². The molecule has 0 radical (unpaired) electrons. The van der Waals surface area contributed by atoms with Crippen molar-refractivity contribution in [1.29, 1.82) is 0 Å². The number of nitrogens with zero attached hydrogens (tertiary/aromatic N) is 3. The highest BCUT2D eigenvalue weighted by molar-refractivity contribution is 5.02. The van der Waals surface area contributed by atoms with Gasteiger partial charge in [-0.05, 0) is 20.8 Å². The summed E-state index contributed by atoms with van der Waals surface area (Å²) in [6, 6.07) is 0.136. The molecule has 2 rings (SSSR count). The van der Waals surface area contributed by atoms with Gasteiger partial charge in [0.2, 0.25) is 5.89 Å². The van der Waals surface area contributed by atoms with Gasteiger partial charge < -0.3 is 9.26 Å². The Hall–Kier alpha value is -0.940. The van der Waals surface area contributed by atoms with Gasteiger partial charge >= 0.3 is 0 Å². The van der Waals surface area contributed by atoms with E-state index in [-0.39, 0.29) is 23.7 Å². The first-order chi connectivity index (χ1) is 8.77. The molecule has 0 amide bonds. The van der Waals surface area contributed by atoms with Crippen LogP contribution in [0.5, 0.6) is 0 Å². The highest BCUT2D eigenvalue weighted by atomic mass is 16.5. The smallest absolute Gasteiger partial charge is 0.243 e. The Morgan fingerprint density at radius 1 is 1.21 bits per heavy atom. The molecule has 1 aromatic rings. The van der Waals surface area contributed by atoms with E-state index in [0.29, 0.717) is 5.89 Å². The Morgan fingerprint density at radius 2 is 1.79 bits per heavy atom. The molecule has 2 heterocycles. The molecule has 0 spiro atoms. The highest BCUT2D eigenvalue weighted by Gasteiger charge is 2.30. The molecular formula is C14H25N3O2. The number of ether oxygens (including phenoxy) is 1. The van der Waals surface area contributed by atoms with Crippen LogP contribution in [0, 0.1) is 0 Å². The number of morpholine rings is 1. The lowest BCUT2D eigenvalue weighted by molar-refractivity contribution is -0.0818. The van der Waals surface area contributed by atoms with Gasteiger partial charge in [0.05, 0.1) is 18.2 Å². The summed E-state index contributed by atoms with van der Waals surface area (Å²) in [6.45, 7) is 14.4. The van der Waals surface area contributed by atoms with Gasteiger partial charge in [-0.25, -0.2) is 0 Å². The van der Waals surface area contributed by atoms with Gasteiger partial charge in [0.25, 0.3) is 0 Å². The maximum absolute atomic E-state index is 5.75. The molecule has 108 valence electrons. The minimum atomic E-state index is -0.0763. The lowest BCUT2D eigenvalue weighted by Gasteiger charge is -2.37. The molecule has 0 N–H and O–H groups in total.